The zero-order chi connectivity index (χ0) is 23.0. The first-order chi connectivity index (χ1) is 15.1. The number of carbonyl (C=O) groups is 2. The number of rotatable bonds is 3. The molecule has 0 spiro atoms. The number of piperidine rings is 1. The summed E-state index contributed by atoms with van der Waals surface area (Å²) in [5.74, 6) is -0.985. The van der Waals surface area contributed by atoms with Crippen molar-refractivity contribution in [3.05, 3.63) is 34.1 Å². The zero-order valence-corrected chi connectivity index (χ0v) is 19.4. The van der Waals surface area contributed by atoms with Crippen LogP contribution in [0.3, 0.4) is 0 Å². The minimum absolute atomic E-state index is 0.131. The summed E-state index contributed by atoms with van der Waals surface area (Å²) < 4.78 is 20.9. The number of anilines is 1. The van der Waals surface area contributed by atoms with E-state index in [0.717, 1.165) is 49.7 Å². The van der Waals surface area contributed by atoms with Gasteiger partial charge in [0.15, 0.2) is 0 Å². The summed E-state index contributed by atoms with van der Waals surface area (Å²) >= 11 is 0. The molecule has 1 atom stereocenters. The zero-order valence-electron chi connectivity index (χ0n) is 19.4. The van der Waals surface area contributed by atoms with Crippen molar-refractivity contribution < 1.29 is 18.7 Å². The molecule has 1 aliphatic heterocycles. The molecule has 3 N–H and O–H groups in total. The lowest BCUT2D eigenvalue weighted by molar-refractivity contribution is 0.0499. The lowest BCUT2D eigenvalue weighted by Crippen LogP contribution is -2.49. The number of primary amides is 1. The summed E-state index contributed by atoms with van der Waals surface area (Å²) in [6, 6.07) is 1.18. The standard InChI is InChI=1S/C25H34FN3O3/c1-25(2,3)32-24(31)28-16-9-7-11-29(14-16)22-20(26)13-19(23(27)30)18-12-15-8-5-4-6-10-17(15)21(18)22/h13,16H,4-12,14H2,1-3H3,(H2,27,30)(H,28,31)/t16-/m0/s1. The fourth-order valence-electron chi connectivity index (χ4n) is 5.34. The molecule has 0 aromatic heterocycles. The van der Waals surface area contributed by atoms with Crippen LogP contribution < -0.4 is 16.0 Å². The van der Waals surface area contributed by atoms with Crippen LogP contribution >= 0.6 is 0 Å². The Balaban J connectivity index is 1.66. The third kappa shape index (κ3) is 4.62. The van der Waals surface area contributed by atoms with Crippen LogP contribution in [0.2, 0.25) is 0 Å². The number of amides is 2. The molecule has 174 valence electrons. The predicted molar refractivity (Wildman–Crippen MR) is 123 cm³/mol. The summed E-state index contributed by atoms with van der Waals surface area (Å²) in [7, 11) is 0. The first kappa shape index (κ1) is 22.6. The summed E-state index contributed by atoms with van der Waals surface area (Å²) in [5.41, 5.74) is 10.2. The molecule has 3 aliphatic rings. The Bertz CT molecular complexity index is 964. The van der Waals surface area contributed by atoms with E-state index in [1.54, 1.807) is 0 Å². The molecule has 1 aromatic carbocycles. The highest BCUT2D eigenvalue weighted by molar-refractivity contribution is 5.99. The van der Waals surface area contributed by atoms with E-state index in [0.29, 0.717) is 30.8 Å². The minimum Gasteiger partial charge on any atom is -0.444 e. The van der Waals surface area contributed by atoms with E-state index in [9.17, 15) is 9.59 Å². The molecule has 0 bridgehead atoms. The summed E-state index contributed by atoms with van der Waals surface area (Å²) in [6.07, 6.45) is 7.14. The van der Waals surface area contributed by atoms with Gasteiger partial charge in [0.2, 0.25) is 5.91 Å². The van der Waals surface area contributed by atoms with E-state index >= 15 is 4.39 Å². The number of alkyl carbamates (subject to hydrolysis) is 1. The van der Waals surface area contributed by atoms with Crippen LogP contribution in [-0.2, 0) is 11.2 Å². The monoisotopic (exact) mass is 443 g/mol. The van der Waals surface area contributed by atoms with Gasteiger partial charge in [-0.2, -0.15) is 0 Å². The van der Waals surface area contributed by atoms with E-state index in [2.05, 4.69) is 5.32 Å². The first-order valence-electron chi connectivity index (χ1n) is 11.7. The van der Waals surface area contributed by atoms with Crippen LogP contribution in [0.4, 0.5) is 14.9 Å². The summed E-state index contributed by atoms with van der Waals surface area (Å²) in [6.45, 7) is 6.69. The maximum Gasteiger partial charge on any atom is 0.407 e. The fourth-order valence-corrected chi connectivity index (χ4v) is 5.34. The molecule has 0 radical (unpaired) electrons. The van der Waals surface area contributed by atoms with Crippen LogP contribution in [0.25, 0.3) is 5.57 Å². The minimum atomic E-state index is -0.576. The molecule has 0 saturated carbocycles. The highest BCUT2D eigenvalue weighted by Gasteiger charge is 2.34. The van der Waals surface area contributed by atoms with Gasteiger partial charge in [0, 0.05) is 30.3 Å². The van der Waals surface area contributed by atoms with Crippen molar-refractivity contribution >= 4 is 23.3 Å². The second kappa shape index (κ2) is 8.75. The number of fused-ring (bicyclic) bond motifs is 2. The Morgan fingerprint density at radius 3 is 2.66 bits per heavy atom. The average molecular weight is 444 g/mol. The number of hydrogen-bond donors (Lipinski definition) is 2. The number of nitrogens with zero attached hydrogens (tertiary/aromatic N) is 1. The number of nitrogens with one attached hydrogen (secondary N) is 1. The molecule has 1 aromatic rings. The second-order valence-electron chi connectivity index (χ2n) is 10.2. The van der Waals surface area contributed by atoms with E-state index in [-0.39, 0.29) is 6.04 Å². The van der Waals surface area contributed by atoms with Crippen molar-refractivity contribution in [2.24, 2.45) is 5.73 Å². The van der Waals surface area contributed by atoms with E-state index in [1.807, 2.05) is 25.7 Å². The largest absolute Gasteiger partial charge is 0.444 e. The Kier molecular flexibility index (Phi) is 6.19. The van der Waals surface area contributed by atoms with Gasteiger partial charge in [-0.15, -0.1) is 0 Å². The summed E-state index contributed by atoms with van der Waals surface area (Å²) in [5, 5.41) is 2.95. The van der Waals surface area contributed by atoms with Gasteiger partial charge in [-0.05, 0) is 82.9 Å². The van der Waals surface area contributed by atoms with Crippen LogP contribution in [-0.4, -0.2) is 36.7 Å². The van der Waals surface area contributed by atoms with Gasteiger partial charge in [-0.3, -0.25) is 4.79 Å². The van der Waals surface area contributed by atoms with Crippen molar-refractivity contribution in [2.75, 3.05) is 18.0 Å². The Labute approximate surface area is 189 Å². The molecule has 1 heterocycles. The molecule has 2 aliphatic carbocycles. The van der Waals surface area contributed by atoms with Gasteiger partial charge in [-0.25, -0.2) is 9.18 Å². The van der Waals surface area contributed by atoms with Crippen molar-refractivity contribution in [1.29, 1.82) is 0 Å². The third-order valence-corrected chi connectivity index (χ3v) is 6.61. The van der Waals surface area contributed by atoms with Crippen LogP contribution in [0.15, 0.2) is 11.6 Å². The van der Waals surface area contributed by atoms with Crippen molar-refractivity contribution in [1.82, 2.24) is 5.32 Å². The Morgan fingerprint density at radius 2 is 1.94 bits per heavy atom. The molecular formula is C25H34FN3O3. The lowest BCUT2D eigenvalue weighted by atomic mass is 9.93. The quantitative estimate of drug-likeness (QED) is 0.710. The number of hydrogen-bond acceptors (Lipinski definition) is 4. The number of carbonyl (C=O) groups excluding carboxylic acids is 2. The van der Waals surface area contributed by atoms with Gasteiger partial charge in [0.1, 0.15) is 11.4 Å². The maximum absolute atomic E-state index is 15.5. The molecule has 1 saturated heterocycles. The molecular weight excluding hydrogens is 409 g/mol. The lowest BCUT2D eigenvalue weighted by Gasteiger charge is -2.36. The number of halogens is 1. The average Bonchev–Trinajstić information content (AvgIpc) is 2.88. The third-order valence-electron chi connectivity index (χ3n) is 6.61. The molecule has 0 unspecified atom stereocenters. The highest BCUT2D eigenvalue weighted by atomic mass is 19.1. The molecule has 2 amide bonds. The van der Waals surface area contributed by atoms with E-state index in [4.69, 9.17) is 10.5 Å². The molecule has 7 heteroatoms. The van der Waals surface area contributed by atoms with E-state index < -0.39 is 23.4 Å². The Hall–Kier alpha value is -2.57. The predicted octanol–water partition coefficient (Wildman–Crippen LogP) is 4.69. The van der Waals surface area contributed by atoms with Crippen LogP contribution in [0.1, 0.15) is 87.2 Å². The molecule has 1 fully saturated rings. The van der Waals surface area contributed by atoms with Gasteiger partial charge in [0.25, 0.3) is 0 Å². The number of benzene rings is 1. The molecule has 4 rings (SSSR count). The maximum atomic E-state index is 15.5. The summed E-state index contributed by atoms with van der Waals surface area (Å²) in [4.78, 5) is 26.4. The number of ether oxygens (including phenoxy) is 1. The van der Waals surface area contributed by atoms with Gasteiger partial charge in [-0.1, -0.05) is 12.0 Å². The Morgan fingerprint density at radius 1 is 1.19 bits per heavy atom. The van der Waals surface area contributed by atoms with Crippen LogP contribution in [0, 0.1) is 5.82 Å². The highest BCUT2D eigenvalue weighted by Crippen LogP contribution is 2.47. The van der Waals surface area contributed by atoms with Gasteiger partial charge >= 0.3 is 6.09 Å². The van der Waals surface area contributed by atoms with Crippen molar-refractivity contribution in [3.63, 3.8) is 0 Å². The van der Waals surface area contributed by atoms with Crippen molar-refractivity contribution in [2.45, 2.75) is 83.8 Å². The van der Waals surface area contributed by atoms with Gasteiger partial charge < -0.3 is 20.7 Å². The molecule has 6 nitrogen and oxygen atoms in total. The topological polar surface area (TPSA) is 84.7 Å². The van der Waals surface area contributed by atoms with Crippen LogP contribution in [0.5, 0.6) is 0 Å². The van der Waals surface area contributed by atoms with E-state index in [1.165, 1.54) is 23.6 Å². The fraction of sp³-hybridized carbons (Fsp3) is 0.600. The first-order valence-corrected chi connectivity index (χ1v) is 11.7. The number of nitrogens with two attached hydrogens (primary N) is 1. The smallest absolute Gasteiger partial charge is 0.407 e. The molecule has 32 heavy (non-hydrogen) atoms. The SMILES string of the molecule is CC(C)(C)OC(=O)N[C@H]1CCCN(c2c(F)cc(C(N)=O)c3c2C2=C(CCCCC2)C3)C1. The van der Waals surface area contributed by atoms with Crippen molar-refractivity contribution in [3.8, 4) is 0 Å². The second-order valence-corrected chi connectivity index (χ2v) is 10.2. The van der Waals surface area contributed by atoms with Gasteiger partial charge in [0.05, 0.1) is 5.69 Å². The number of allylic oxidation sites excluding steroid dienone is 2. The normalized spacial score (nSPS) is 21.0.